The number of aryl methyl sites for hydroxylation is 3. The number of ether oxygens (including phenoxy) is 1. The Balaban J connectivity index is 2.13. The first kappa shape index (κ1) is 14.2. The minimum atomic E-state index is 0.803. The Kier molecular flexibility index (Phi) is 6.90. The fraction of sp³-hybridized carbons (Fsp3) is 0.600. The monoisotopic (exact) mass is 235 g/mol. The highest BCUT2D eigenvalue weighted by molar-refractivity contribution is 5.28. The molecule has 2 heteroatoms. The topological polar surface area (TPSA) is 21.3 Å². The Labute approximate surface area is 105 Å². The largest absolute Gasteiger partial charge is 0.383 e. The second-order valence-electron chi connectivity index (χ2n) is 4.70. The standard InChI is InChI=1S/C15H25NO/c1-13-10-14(2)12-15(11-13)6-4-5-7-16-8-9-17-3/h10-12,16H,4-9H2,1-3H3. The van der Waals surface area contributed by atoms with Gasteiger partial charge in [0.05, 0.1) is 6.61 Å². The van der Waals surface area contributed by atoms with Crippen molar-refractivity contribution in [2.45, 2.75) is 33.1 Å². The average molecular weight is 235 g/mol. The minimum Gasteiger partial charge on any atom is -0.383 e. The van der Waals surface area contributed by atoms with Crippen LogP contribution in [0.4, 0.5) is 0 Å². The van der Waals surface area contributed by atoms with Crippen LogP contribution < -0.4 is 5.32 Å². The molecule has 0 saturated carbocycles. The van der Waals surface area contributed by atoms with Crippen LogP contribution in [0.3, 0.4) is 0 Å². The minimum absolute atomic E-state index is 0.803. The van der Waals surface area contributed by atoms with Gasteiger partial charge in [-0.3, -0.25) is 0 Å². The molecule has 1 rings (SSSR count). The molecule has 0 bridgehead atoms. The second kappa shape index (κ2) is 8.26. The molecule has 0 fully saturated rings. The van der Waals surface area contributed by atoms with Gasteiger partial charge < -0.3 is 10.1 Å². The smallest absolute Gasteiger partial charge is 0.0587 e. The first-order valence-corrected chi connectivity index (χ1v) is 6.49. The van der Waals surface area contributed by atoms with Crippen molar-refractivity contribution >= 4 is 0 Å². The lowest BCUT2D eigenvalue weighted by molar-refractivity contribution is 0.199. The Morgan fingerprint density at radius 3 is 2.35 bits per heavy atom. The van der Waals surface area contributed by atoms with E-state index in [-0.39, 0.29) is 0 Å². The number of rotatable bonds is 8. The maximum absolute atomic E-state index is 4.98. The quantitative estimate of drug-likeness (QED) is 0.700. The van der Waals surface area contributed by atoms with Crippen LogP contribution in [-0.4, -0.2) is 26.8 Å². The summed E-state index contributed by atoms with van der Waals surface area (Å²) in [5, 5.41) is 3.37. The fourth-order valence-electron chi connectivity index (χ4n) is 2.09. The molecule has 0 amide bonds. The molecule has 1 aromatic carbocycles. The predicted molar refractivity (Wildman–Crippen MR) is 73.6 cm³/mol. The van der Waals surface area contributed by atoms with E-state index in [9.17, 15) is 0 Å². The average Bonchev–Trinajstić information content (AvgIpc) is 2.26. The second-order valence-corrected chi connectivity index (χ2v) is 4.70. The summed E-state index contributed by atoms with van der Waals surface area (Å²) in [6, 6.07) is 6.83. The molecule has 0 saturated heterocycles. The van der Waals surface area contributed by atoms with E-state index in [2.05, 4.69) is 37.4 Å². The van der Waals surface area contributed by atoms with Crippen LogP contribution in [-0.2, 0) is 11.2 Å². The van der Waals surface area contributed by atoms with Crippen molar-refractivity contribution in [2.75, 3.05) is 26.8 Å². The molecule has 2 nitrogen and oxygen atoms in total. The lowest BCUT2D eigenvalue weighted by Gasteiger charge is -2.06. The van der Waals surface area contributed by atoms with Gasteiger partial charge in [0, 0.05) is 13.7 Å². The summed E-state index contributed by atoms with van der Waals surface area (Å²) in [5.74, 6) is 0. The Hall–Kier alpha value is -0.860. The molecule has 0 unspecified atom stereocenters. The number of hydrogen-bond acceptors (Lipinski definition) is 2. The molecule has 0 aliphatic heterocycles. The molecule has 1 N–H and O–H groups in total. The van der Waals surface area contributed by atoms with Crippen LogP contribution in [0.2, 0.25) is 0 Å². The fourth-order valence-corrected chi connectivity index (χ4v) is 2.09. The van der Waals surface area contributed by atoms with Crippen molar-refractivity contribution in [1.82, 2.24) is 5.32 Å². The van der Waals surface area contributed by atoms with Crippen molar-refractivity contribution in [1.29, 1.82) is 0 Å². The molecule has 0 aromatic heterocycles. The summed E-state index contributed by atoms with van der Waals surface area (Å²) in [6.45, 7) is 7.19. The van der Waals surface area contributed by atoms with E-state index in [0.29, 0.717) is 0 Å². The van der Waals surface area contributed by atoms with Gasteiger partial charge in [0.25, 0.3) is 0 Å². The van der Waals surface area contributed by atoms with Crippen molar-refractivity contribution in [3.63, 3.8) is 0 Å². The Bertz CT molecular complexity index is 302. The number of nitrogens with one attached hydrogen (secondary N) is 1. The molecule has 1 aromatic rings. The zero-order chi connectivity index (χ0) is 12.5. The molecule has 0 radical (unpaired) electrons. The van der Waals surface area contributed by atoms with E-state index in [1.54, 1.807) is 7.11 Å². The highest BCUT2D eigenvalue weighted by atomic mass is 16.5. The molecule has 0 aliphatic rings. The summed E-state index contributed by atoms with van der Waals surface area (Å²) in [7, 11) is 1.74. The molecule has 96 valence electrons. The van der Waals surface area contributed by atoms with Crippen LogP contribution in [0.5, 0.6) is 0 Å². The van der Waals surface area contributed by atoms with Crippen LogP contribution in [0.25, 0.3) is 0 Å². The van der Waals surface area contributed by atoms with Crippen LogP contribution in [0.15, 0.2) is 18.2 Å². The summed E-state index contributed by atoms with van der Waals surface area (Å²) in [5.41, 5.74) is 4.22. The molecular formula is C15H25NO. The molecule has 17 heavy (non-hydrogen) atoms. The van der Waals surface area contributed by atoms with E-state index in [1.165, 1.54) is 36.0 Å². The van der Waals surface area contributed by atoms with Crippen LogP contribution >= 0.6 is 0 Å². The van der Waals surface area contributed by atoms with Gasteiger partial charge in [-0.2, -0.15) is 0 Å². The van der Waals surface area contributed by atoms with E-state index < -0.39 is 0 Å². The highest BCUT2D eigenvalue weighted by Crippen LogP contribution is 2.11. The Morgan fingerprint density at radius 2 is 1.71 bits per heavy atom. The molecular weight excluding hydrogens is 210 g/mol. The van der Waals surface area contributed by atoms with Crippen molar-refractivity contribution in [3.05, 3.63) is 34.9 Å². The van der Waals surface area contributed by atoms with Gasteiger partial charge in [0.1, 0.15) is 0 Å². The molecule has 0 heterocycles. The van der Waals surface area contributed by atoms with E-state index in [0.717, 1.165) is 19.7 Å². The lowest BCUT2D eigenvalue weighted by Crippen LogP contribution is -2.20. The van der Waals surface area contributed by atoms with Gasteiger partial charge in [0.2, 0.25) is 0 Å². The lowest BCUT2D eigenvalue weighted by atomic mass is 10.0. The van der Waals surface area contributed by atoms with Gasteiger partial charge in [-0.1, -0.05) is 29.3 Å². The zero-order valence-corrected chi connectivity index (χ0v) is 11.4. The molecule has 0 aliphatic carbocycles. The summed E-state index contributed by atoms with van der Waals surface area (Å²) < 4.78 is 4.98. The normalized spacial score (nSPS) is 10.8. The summed E-state index contributed by atoms with van der Waals surface area (Å²) in [4.78, 5) is 0. The summed E-state index contributed by atoms with van der Waals surface area (Å²) >= 11 is 0. The van der Waals surface area contributed by atoms with Crippen molar-refractivity contribution in [2.24, 2.45) is 0 Å². The third kappa shape index (κ3) is 6.44. The van der Waals surface area contributed by atoms with E-state index in [4.69, 9.17) is 4.74 Å². The third-order valence-corrected chi connectivity index (χ3v) is 2.83. The number of hydrogen-bond donors (Lipinski definition) is 1. The van der Waals surface area contributed by atoms with Crippen molar-refractivity contribution in [3.8, 4) is 0 Å². The first-order valence-electron chi connectivity index (χ1n) is 6.49. The SMILES string of the molecule is COCCNCCCCc1cc(C)cc(C)c1. The third-order valence-electron chi connectivity index (χ3n) is 2.83. The van der Waals surface area contributed by atoms with Crippen LogP contribution in [0.1, 0.15) is 29.5 Å². The molecule has 0 spiro atoms. The number of unbranched alkanes of at least 4 members (excludes halogenated alkanes) is 1. The number of benzene rings is 1. The predicted octanol–water partition coefficient (Wildman–Crippen LogP) is 2.86. The maximum Gasteiger partial charge on any atom is 0.0587 e. The van der Waals surface area contributed by atoms with Crippen LogP contribution in [0, 0.1) is 13.8 Å². The van der Waals surface area contributed by atoms with Gasteiger partial charge >= 0.3 is 0 Å². The number of methoxy groups -OCH3 is 1. The Morgan fingerprint density at radius 1 is 1.00 bits per heavy atom. The van der Waals surface area contributed by atoms with E-state index >= 15 is 0 Å². The maximum atomic E-state index is 4.98. The molecule has 0 atom stereocenters. The van der Waals surface area contributed by atoms with Gasteiger partial charge in [-0.25, -0.2) is 0 Å². The van der Waals surface area contributed by atoms with Gasteiger partial charge in [-0.05, 0) is 45.2 Å². The van der Waals surface area contributed by atoms with Gasteiger partial charge in [-0.15, -0.1) is 0 Å². The van der Waals surface area contributed by atoms with Crippen molar-refractivity contribution < 1.29 is 4.74 Å². The van der Waals surface area contributed by atoms with Gasteiger partial charge in [0.15, 0.2) is 0 Å². The zero-order valence-electron chi connectivity index (χ0n) is 11.4. The first-order chi connectivity index (χ1) is 8.22. The summed E-state index contributed by atoms with van der Waals surface area (Å²) in [6.07, 6.45) is 3.67. The highest BCUT2D eigenvalue weighted by Gasteiger charge is 1.96. The van der Waals surface area contributed by atoms with E-state index in [1.807, 2.05) is 0 Å².